The summed E-state index contributed by atoms with van der Waals surface area (Å²) in [6.45, 7) is 5.68. The first kappa shape index (κ1) is 20.9. The average Bonchev–Trinajstić information content (AvgIpc) is 3.10. The Bertz CT molecular complexity index is 1290. The first-order valence-electron chi connectivity index (χ1n) is 10.3. The Labute approximate surface area is 194 Å². The number of aromatic nitrogens is 2. The van der Waals surface area contributed by atoms with Crippen molar-refractivity contribution in [3.8, 4) is 11.1 Å². The number of amides is 2. The van der Waals surface area contributed by atoms with E-state index in [0.29, 0.717) is 15.6 Å². The molecule has 7 nitrogen and oxygen atoms in total. The Morgan fingerprint density at radius 1 is 1.12 bits per heavy atom. The van der Waals surface area contributed by atoms with Gasteiger partial charge >= 0.3 is 0 Å². The van der Waals surface area contributed by atoms with Crippen LogP contribution in [0, 0.1) is 6.92 Å². The number of hydrogen-bond acceptors (Lipinski definition) is 7. The summed E-state index contributed by atoms with van der Waals surface area (Å²) in [5.41, 5.74) is 5.92. The van der Waals surface area contributed by atoms with E-state index < -0.39 is 5.91 Å². The first-order valence-corrected chi connectivity index (χ1v) is 11.5. The lowest BCUT2D eigenvalue weighted by Crippen LogP contribution is -2.43. The molecule has 0 radical (unpaired) electrons. The summed E-state index contributed by atoms with van der Waals surface area (Å²) in [5, 5.41) is 5.94. The lowest BCUT2D eigenvalue weighted by Gasteiger charge is -2.30. The van der Waals surface area contributed by atoms with Gasteiger partial charge in [-0.05, 0) is 60.2 Å². The highest BCUT2D eigenvalue weighted by atomic mass is 35.5. The topological polar surface area (TPSA) is 87.2 Å². The van der Waals surface area contributed by atoms with Crippen molar-refractivity contribution in [3.05, 3.63) is 57.7 Å². The molecule has 2 aliphatic heterocycles. The number of hydrogen-bond donors (Lipinski definition) is 2. The summed E-state index contributed by atoms with van der Waals surface area (Å²) in [6, 6.07) is 9.86. The molecular weight excluding hydrogens is 446 g/mol. The van der Waals surface area contributed by atoms with Gasteiger partial charge in [0.05, 0.1) is 32.3 Å². The van der Waals surface area contributed by atoms with E-state index in [9.17, 15) is 9.59 Å². The number of thioether (sulfide) groups is 1. The SMILES string of the molecule is Cc1cc(C=C2SC(=O)NC2=O)nc2c(-c3ccc(N4CCNCC4)c(Cl)c3)ccnc12. The highest BCUT2D eigenvalue weighted by Gasteiger charge is 2.25. The number of nitrogens with one attached hydrogen (secondary N) is 2. The van der Waals surface area contributed by atoms with E-state index in [1.165, 1.54) is 0 Å². The Morgan fingerprint density at radius 3 is 2.66 bits per heavy atom. The fourth-order valence-corrected chi connectivity index (χ4v) is 4.97. The second-order valence-corrected chi connectivity index (χ2v) is 9.10. The molecule has 0 unspecified atom stereocenters. The van der Waals surface area contributed by atoms with Crippen molar-refractivity contribution in [1.29, 1.82) is 0 Å². The van der Waals surface area contributed by atoms with Crippen molar-refractivity contribution in [2.75, 3.05) is 31.1 Å². The molecule has 0 atom stereocenters. The maximum atomic E-state index is 11.9. The number of carbonyl (C=O) groups excluding carboxylic acids is 2. The minimum absolute atomic E-state index is 0.329. The summed E-state index contributed by atoms with van der Waals surface area (Å²) < 4.78 is 0. The zero-order valence-electron chi connectivity index (χ0n) is 17.3. The molecule has 0 bridgehead atoms. The molecule has 2 fully saturated rings. The van der Waals surface area contributed by atoms with Gasteiger partial charge in [-0.15, -0.1) is 0 Å². The summed E-state index contributed by atoms with van der Waals surface area (Å²) >= 11 is 7.56. The summed E-state index contributed by atoms with van der Waals surface area (Å²) in [6.07, 6.45) is 3.40. The average molecular weight is 466 g/mol. The van der Waals surface area contributed by atoms with E-state index >= 15 is 0 Å². The van der Waals surface area contributed by atoms with Gasteiger partial charge in [-0.1, -0.05) is 17.7 Å². The number of aryl methyl sites for hydroxylation is 1. The molecule has 2 aromatic heterocycles. The molecular formula is C23H20ClN5O2S. The predicted octanol–water partition coefficient (Wildman–Crippen LogP) is 3.99. The standard InChI is InChI=1S/C23H20ClN5O2S/c1-13-10-15(12-19-22(30)28-23(31)32-19)27-21-16(4-5-26-20(13)21)14-2-3-18(17(24)11-14)29-8-6-25-7-9-29/h2-5,10-12,25H,6-9H2,1H3,(H,28,30,31). The molecule has 2 amide bonds. The van der Waals surface area contributed by atoms with Crippen LogP contribution in [0.4, 0.5) is 10.5 Å². The second-order valence-electron chi connectivity index (χ2n) is 7.68. The van der Waals surface area contributed by atoms with Crippen molar-refractivity contribution in [1.82, 2.24) is 20.6 Å². The number of rotatable bonds is 3. The van der Waals surface area contributed by atoms with Crippen molar-refractivity contribution < 1.29 is 9.59 Å². The van der Waals surface area contributed by atoms with Crippen molar-refractivity contribution in [2.45, 2.75) is 6.92 Å². The van der Waals surface area contributed by atoms with E-state index in [1.807, 2.05) is 25.1 Å². The lowest BCUT2D eigenvalue weighted by atomic mass is 10.0. The molecule has 0 aliphatic carbocycles. The molecule has 2 aliphatic rings. The van der Waals surface area contributed by atoms with E-state index in [-0.39, 0.29) is 5.24 Å². The van der Waals surface area contributed by atoms with E-state index in [0.717, 1.165) is 71.4 Å². The zero-order valence-corrected chi connectivity index (χ0v) is 18.9. The molecule has 2 N–H and O–H groups in total. The van der Waals surface area contributed by atoms with Crippen LogP contribution in [0.2, 0.25) is 5.02 Å². The third-order valence-corrected chi connectivity index (χ3v) is 6.65. The Morgan fingerprint density at radius 2 is 1.94 bits per heavy atom. The second kappa shape index (κ2) is 8.54. The highest BCUT2D eigenvalue weighted by molar-refractivity contribution is 8.18. The van der Waals surface area contributed by atoms with Crippen LogP contribution < -0.4 is 15.5 Å². The Kier molecular flexibility index (Phi) is 5.58. The van der Waals surface area contributed by atoms with Crippen LogP contribution in [-0.2, 0) is 4.79 Å². The summed E-state index contributed by atoms with van der Waals surface area (Å²) in [7, 11) is 0. The number of nitrogens with zero attached hydrogens (tertiary/aromatic N) is 3. The molecule has 5 rings (SSSR count). The maximum absolute atomic E-state index is 11.9. The van der Waals surface area contributed by atoms with E-state index in [1.54, 1.807) is 12.3 Å². The zero-order chi connectivity index (χ0) is 22.2. The van der Waals surface area contributed by atoms with Crippen molar-refractivity contribution in [3.63, 3.8) is 0 Å². The first-order chi connectivity index (χ1) is 15.5. The van der Waals surface area contributed by atoms with Crippen LogP contribution in [0.1, 0.15) is 11.3 Å². The number of halogens is 1. The molecule has 4 heterocycles. The number of fused-ring (bicyclic) bond motifs is 1. The molecule has 32 heavy (non-hydrogen) atoms. The maximum Gasteiger partial charge on any atom is 0.290 e. The quantitative estimate of drug-likeness (QED) is 0.565. The third-order valence-electron chi connectivity index (χ3n) is 5.54. The van der Waals surface area contributed by atoms with Gasteiger partial charge in [0.1, 0.15) is 0 Å². The van der Waals surface area contributed by atoms with Gasteiger partial charge in [-0.3, -0.25) is 19.9 Å². The van der Waals surface area contributed by atoms with Crippen molar-refractivity contribution >= 4 is 57.3 Å². The Balaban J connectivity index is 1.58. The molecule has 9 heteroatoms. The molecule has 0 spiro atoms. The number of piperazine rings is 1. The van der Waals surface area contributed by atoms with Crippen LogP contribution in [0.25, 0.3) is 28.2 Å². The fourth-order valence-electron chi connectivity index (χ4n) is 4.01. The number of pyridine rings is 2. The lowest BCUT2D eigenvalue weighted by molar-refractivity contribution is -0.115. The molecule has 3 aromatic rings. The minimum Gasteiger partial charge on any atom is -0.368 e. The number of carbonyl (C=O) groups is 2. The number of benzene rings is 1. The van der Waals surface area contributed by atoms with Crippen LogP contribution in [-0.4, -0.2) is 47.3 Å². The minimum atomic E-state index is -0.402. The van der Waals surface area contributed by atoms with Crippen molar-refractivity contribution in [2.24, 2.45) is 0 Å². The van der Waals surface area contributed by atoms with Gasteiger partial charge < -0.3 is 10.2 Å². The third kappa shape index (κ3) is 3.97. The molecule has 1 aromatic carbocycles. The normalized spacial score (nSPS) is 17.9. The monoisotopic (exact) mass is 465 g/mol. The number of imide groups is 1. The highest BCUT2D eigenvalue weighted by Crippen LogP contribution is 2.35. The van der Waals surface area contributed by atoms with Gasteiger partial charge in [0.15, 0.2) is 0 Å². The van der Waals surface area contributed by atoms with Gasteiger partial charge in [-0.2, -0.15) is 0 Å². The fraction of sp³-hybridized carbons (Fsp3) is 0.217. The van der Waals surface area contributed by atoms with Crippen LogP contribution >= 0.6 is 23.4 Å². The number of anilines is 1. The molecule has 0 saturated carbocycles. The summed E-state index contributed by atoms with van der Waals surface area (Å²) in [5.74, 6) is -0.402. The van der Waals surface area contributed by atoms with Crippen LogP contribution in [0.3, 0.4) is 0 Å². The van der Waals surface area contributed by atoms with Crippen LogP contribution in [0.15, 0.2) is 41.4 Å². The summed E-state index contributed by atoms with van der Waals surface area (Å²) in [4.78, 5) is 35.3. The Hall–Kier alpha value is -2.94. The van der Waals surface area contributed by atoms with Gasteiger partial charge in [0, 0.05) is 37.9 Å². The van der Waals surface area contributed by atoms with E-state index in [4.69, 9.17) is 16.6 Å². The smallest absolute Gasteiger partial charge is 0.290 e. The van der Waals surface area contributed by atoms with Crippen LogP contribution in [0.5, 0.6) is 0 Å². The van der Waals surface area contributed by atoms with Gasteiger partial charge in [-0.25, -0.2) is 4.98 Å². The van der Waals surface area contributed by atoms with Gasteiger partial charge in [0.2, 0.25) is 0 Å². The largest absolute Gasteiger partial charge is 0.368 e. The van der Waals surface area contributed by atoms with E-state index in [2.05, 4.69) is 32.7 Å². The predicted molar refractivity (Wildman–Crippen MR) is 129 cm³/mol. The van der Waals surface area contributed by atoms with Gasteiger partial charge in [0.25, 0.3) is 11.1 Å². The molecule has 162 valence electrons. The molecule has 2 saturated heterocycles.